The van der Waals surface area contributed by atoms with Crippen molar-refractivity contribution in [2.75, 3.05) is 17.7 Å². The average Bonchev–Trinajstić information content (AvgIpc) is 2.26. The van der Waals surface area contributed by atoms with Gasteiger partial charge in [0, 0.05) is 16.8 Å². The van der Waals surface area contributed by atoms with Crippen LogP contribution in [0.5, 0.6) is 5.75 Å². The minimum atomic E-state index is -4.30. The third-order valence-electron chi connectivity index (χ3n) is 1.81. The fourth-order valence-corrected chi connectivity index (χ4v) is 1.72. The summed E-state index contributed by atoms with van der Waals surface area (Å²) >= 11 is 5.54. The molecule has 4 nitrogen and oxygen atoms in total. The summed E-state index contributed by atoms with van der Waals surface area (Å²) in [6.07, 6.45) is 0. The van der Waals surface area contributed by atoms with Crippen LogP contribution < -0.4 is 15.8 Å². The molecule has 0 aliphatic heterocycles. The van der Waals surface area contributed by atoms with E-state index in [9.17, 15) is 18.0 Å². The number of ether oxygens (including phenoxy) is 1. The lowest BCUT2D eigenvalue weighted by Gasteiger charge is -2.12. The van der Waals surface area contributed by atoms with E-state index in [4.69, 9.17) is 22.1 Å². The van der Waals surface area contributed by atoms with Gasteiger partial charge in [0.25, 0.3) is 0 Å². The molecular weight excluding hydrogens is 305 g/mol. The molecule has 106 valence electrons. The number of rotatable bonds is 5. The standard InChI is InChI=1S/C10H10ClF3N2O2S/c11-6-1-2-7(16-9(15)17)8(5-6)18-3-4-19-10(12,13)14/h1-2,5H,3-4H2,(H3,15,16,17). The number of halogens is 4. The van der Waals surface area contributed by atoms with Crippen LogP contribution in [0.2, 0.25) is 5.02 Å². The summed E-state index contributed by atoms with van der Waals surface area (Å²) in [5.41, 5.74) is 0.897. The van der Waals surface area contributed by atoms with Crippen molar-refractivity contribution >= 4 is 35.1 Å². The lowest BCUT2D eigenvalue weighted by atomic mass is 10.3. The van der Waals surface area contributed by atoms with E-state index in [0.717, 1.165) is 0 Å². The molecule has 0 fully saturated rings. The van der Waals surface area contributed by atoms with Crippen molar-refractivity contribution in [2.24, 2.45) is 5.73 Å². The molecule has 2 amide bonds. The van der Waals surface area contributed by atoms with Gasteiger partial charge in [0.05, 0.1) is 12.3 Å². The highest BCUT2D eigenvalue weighted by Crippen LogP contribution is 2.31. The molecule has 19 heavy (non-hydrogen) atoms. The normalized spacial score (nSPS) is 11.2. The lowest BCUT2D eigenvalue weighted by Crippen LogP contribution is -2.20. The fourth-order valence-electron chi connectivity index (χ4n) is 1.16. The Morgan fingerprint density at radius 3 is 2.74 bits per heavy atom. The third kappa shape index (κ3) is 6.44. The zero-order chi connectivity index (χ0) is 14.5. The number of anilines is 1. The summed E-state index contributed by atoms with van der Waals surface area (Å²) in [6, 6.07) is 3.51. The predicted octanol–water partition coefficient (Wildman–Crippen LogP) is 3.46. The number of nitrogens with two attached hydrogens (primary N) is 1. The molecule has 3 N–H and O–H groups in total. The first-order chi connectivity index (χ1) is 8.78. The molecule has 9 heteroatoms. The third-order valence-corrected chi connectivity index (χ3v) is 2.74. The number of hydrogen-bond acceptors (Lipinski definition) is 3. The van der Waals surface area contributed by atoms with Crippen LogP contribution in [0, 0.1) is 0 Å². The zero-order valence-electron chi connectivity index (χ0n) is 9.46. The number of amides is 2. The number of primary amides is 1. The number of nitrogens with one attached hydrogen (secondary N) is 1. The van der Waals surface area contributed by atoms with Gasteiger partial charge in [-0.15, -0.1) is 0 Å². The molecular formula is C10H10ClF3N2O2S. The quantitative estimate of drug-likeness (QED) is 0.818. The van der Waals surface area contributed by atoms with Gasteiger partial charge in [-0.25, -0.2) is 4.79 Å². The van der Waals surface area contributed by atoms with Gasteiger partial charge in [-0.2, -0.15) is 13.2 Å². The van der Waals surface area contributed by atoms with Crippen molar-refractivity contribution < 1.29 is 22.7 Å². The Hall–Kier alpha value is -1.28. The second-order valence-electron chi connectivity index (χ2n) is 3.27. The second kappa shape index (κ2) is 6.76. The largest absolute Gasteiger partial charge is 0.490 e. The van der Waals surface area contributed by atoms with Crippen LogP contribution in [0.3, 0.4) is 0 Å². The fraction of sp³-hybridized carbons (Fsp3) is 0.300. The van der Waals surface area contributed by atoms with Crippen molar-refractivity contribution in [1.82, 2.24) is 0 Å². The molecule has 0 heterocycles. The minimum absolute atomic E-state index is 0.161. The van der Waals surface area contributed by atoms with E-state index in [1.54, 1.807) is 0 Å². The van der Waals surface area contributed by atoms with Crippen molar-refractivity contribution in [2.45, 2.75) is 5.51 Å². The van der Waals surface area contributed by atoms with E-state index in [0.29, 0.717) is 5.02 Å². The Balaban J connectivity index is 2.60. The Labute approximate surface area is 116 Å². The van der Waals surface area contributed by atoms with E-state index in [-0.39, 0.29) is 35.6 Å². The SMILES string of the molecule is NC(=O)Nc1ccc(Cl)cc1OCCSC(F)(F)F. The highest BCUT2D eigenvalue weighted by atomic mass is 35.5. The molecule has 1 rings (SSSR count). The number of alkyl halides is 3. The molecule has 0 unspecified atom stereocenters. The van der Waals surface area contributed by atoms with E-state index < -0.39 is 11.5 Å². The summed E-state index contributed by atoms with van der Waals surface area (Å²) in [7, 11) is 0. The smallest absolute Gasteiger partial charge is 0.441 e. The van der Waals surface area contributed by atoms with Gasteiger partial charge in [-0.05, 0) is 23.9 Å². The Morgan fingerprint density at radius 2 is 2.16 bits per heavy atom. The zero-order valence-corrected chi connectivity index (χ0v) is 11.0. The molecule has 0 atom stereocenters. The number of carbonyl (C=O) groups is 1. The van der Waals surface area contributed by atoms with E-state index in [2.05, 4.69) is 5.32 Å². The van der Waals surface area contributed by atoms with Crippen molar-refractivity contribution in [3.05, 3.63) is 23.2 Å². The molecule has 0 aromatic heterocycles. The van der Waals surface area contributed by atoms with Gasteiger partial charge < -0.3 is 15.8 Å². The van der Waals surface area contributed by atoms with Crippen LogP contribution in [0.4, 0.5) is 23.7 Å². The monoisotopic (exact) mass is 314 g/mol. The molecule has 0 spiro atoms. The Morgan fingerprint density at radius 1 is 1.47 bits per heavy atom. The summed E-state index contributed by atoms with van der Waals surface area (Å²) in [5, 5.41) is 2.61. The number of benzene rings is 1. The number of carbonyl (C=O) groups excluding carboxylic acids is 1. The molecule has 0 radical (unpaired) electrons. The molecule has 1 aromatic carbocycles. The minimum Gasteiger partial charge on any atom is -0.490 e. The molecule has 0 saturated carbocycles. The topological polar surface area (TPSA) is 64.4 Å². The Kier molecular flexibility index (Phi) is 5.61. The lowest BCUT2D eigenvalue weighted by molar-refractivity contribution is -0.0329. The van der Waals surface area contributed by atoms with Crippen LogP contribution >= 0.6 is 23.4 Å². The van der Waals surface area contributed by atoms with Gasteiger partial charge in [0.15, 0.2) is 0 Å². The summed E-state index contributed by atoms with van der Waals surface area (Å²) < 4.78 is 40.9. The Bertz CT molecular complexity index is 457. The van der Waals surface area contributed by atoms with Crippen molar-refractivity contribution in [1.29, 1.82) is 0 Å². The summed E-state index contributed by atoms with van der Waals surface area (Å²) in [4.78, 5) is 10.7. The highest BCUT2D eigenvalue weighted by Gasteiger charge is 2.27. The van der Waals surface area contributed by atoms with Crippen LogP contribution in [0.25, 0.3) is 0 Å². The molecule has 0 aliphatic carbocycles. The number of hydrogen-bond donors (Lipinski definition) is 2. The molecule has 0 bridgehead atoms. The first-order valence-corrected chi connectivity index (χ1v) is 6.34. The first-order valence-electron chi connectivity index (χ1n) is 4.97. The van der Waals surface area contributed by atoms with E-state index >= 15 is 0 Å². The van der Waals surface area contributed by atoms with Gasteiger partial charge in [0.2, 0.25) is 0 Å². The van der Waals surface area contributed by atoms with Crippen molar-refractivity contribution in [3.8, 4) is 5.75 Å². The maximum Gasteiger partial charge on any atom is 0.441 e. The van der Waals surface area contributed by atoms with Gasteiger partial charge in [0.1, 0.15) is 5.75 Å². The van der Waals surface area contributed by atoms with Crippen LogP contribution in [-0.2, 0) is 0 Å². The van der Waals surface area contributed by atoms with E-state index in [1.165, 1.54) is 18.2 Å². The highest BCUT2D eigenvalue weighted by molar-refractivity contribution is 8.00. The van der Waals surface area contributed by atoms with Crippen LogP contribution in [-0.4, -0.2) is 23.9 Å². The number of thioether (sulfide) groups is 1. The molecule has 0 aliphatic rings. The number of urea groups is 1. The van der Waals surface area contributed by atoms with Gasteiger partial charge in [-0.3, -0.25) is 0 Å². The van der Waals surface area contributed by atoms with Gasteiger partial charge in [-0.1, -0.05) is 11.6 Å². The average molecular weight is 315 g/mol. The maximum atomic E-state index is 11.9. The van der Waals surface area contributed by atoms with Gasteiger partial charge >= 0.3 is 11.5 Å². The first kappa shape index (κ1) is 15.8. The molecule has 0 saturated heterocycles. The summed E-state index contributed by atoms with van der Waals surface area (Å²) in [6.45, 7) is -0.183. The predicted molar refractivity (Wildman–Crippen MR) is 68.7 cm³/mol. The van der Waals surface area contributed by atoms with Crippen molar-refractivity contribution in [3.63, 3.8) is 0 Å². The second-order valence-corrected chi connectivity index (χ2v) is 4.87. The van der Waals surface area contributed by atoms with Crippen LogP contribution in [0.1, 0.15) is 0 Å². The maximum absolute atomic E-state index is 11.9. The van der Waals surface area contributed by atoms with E-state index in [1.807, 2.05) is 0 Å². The summed E-state index contributed by atoms with van der Waals surface area (Å²) in [5.74, 6) is -0.111. The van der Waals surface area contributed by atoms with Crippen LogP contribution in [0.15, 0.2) is 18.2 Å². The molecule has 1 aromatic rings.